The summed E-state index contributed by atoms with van der Waals surface area (Å²) in [5.41, 5.74) is 0.770. The van der Waals surface area contributed by atoms with Crippen molar-refractivity contribution >= 4 is 35.0 Å². The Morgan fingerprint density at radius 3 is 2.23 bits per heavy atom. The quantitative estimate of drug-likeness (QED) is 0.135. The monoisotopic (exact) mass is 524 g/mol. The van der Waals surface area contributed by atoms with E-state index in [0.29, 0.717) is 31.8 Å². The van der Waals surface area contributed by atoms with Gasteiger partial charge in [0, 0.05) is 5.56 Å². The van der Waals surface area contributed by atoms with E-state index >= 15 is 0 Å². The Balaban J connectivity index is 1.10. The van der Waals surface area contributed by atoms with Crippen molar-refractivity contribution in [2.75, 3.05) is 33.0 Å². The Morgan fingerprint density at radius 2 is 1.60 bits per heavy atom. The zero-order valence-electron chi connectivity index (χ0n) is 20.3. The van der Waals surface area contributed by atoms with Crippen LogP contribution in [0.15, 0.2) is 24.3 Å². The van der Waals surface area contributed by atoms with E-state index in [1.165, 1.54) is 50.7 Å². The molecule has 1 aromatic carbocycles. The number of carbonyl (C=O) groups is 2. The van der Waals surface area contributed by atoms with Crippen LogP contribution in [0.5, 0.6) is 5.75 Å². The van der Waals surface area contributed by atoms with Crippen molar-refractivity contribution in [3.05, 3.63) is 39.9 Å². The topological polar surface area (TPSA) is 71.1 Å². The van der Waals surface area contributed by atoms with E-state index in [0.717, 1.165) is 17.8 Å². The van der Waals surface area contributed by atoms with Gasteiger partial charge in [-0.1, -0.05) is 36.7 Å². The number of ketones is 1. The van der Waals surface area contributed by atoms with E-state index in [9.17, 15) is 9.59 Å². The van der Waals surface area contributed by atoms with Crippen molar-refractivity contribution in [2.45, 2.75) is 57.5 Å². The van der Waals surface area contributed by atoms with Crippen LogP contribution in [0.3, 0.4) is 0 Å². The van der Waals surface area contributed by atoms with Crippen molar-refractivity contribution in [1.82, 2.24) is 0 Å². The van der Waals surface area contributed by atoms with Crippen molar-refractivity contribution in [1.29, 1.82) is 0 Å². The summed E-state index contributed by atoms with van der Waals surface area (Å²) in [5, 5.41) is 0.137. The van der Waals surface area contributed by atoms with Crippen molar-refractivity contribution in [3.8, 4) is 5.75 Å². The Labute approximate surface area is 217 Å². The molecule has 0 aliphatic heterocycles. The summed E-state index contributed by atoms with van der Waals surface area (Å²) in [7, 11) is 0. The Hall–Kier alpha value is -1.60. The van der Waals surface area contributed by atoms with Crippen LogP contribution in [0, 0.1) is 17.8 Å². The summed E-state index contributed by atoms with van der Waals surface area (Å²) >= 11 is 12.4. The van der Waals surface area contributed by atoms with E-state index in [4.69, 9.17) is 42.1 Å². The van der Waals surface area contributed by atoms with E-state index in [-0.39, 0.29) is 46.0 Å². The molecule has 4 saturated carbocycles. The zero-order chi connectivity index (χ0) is 25.0. The molecule has 8 heteroatoms. The number of carbonyl (C=O) groups excluding carboxylic acids is 2. The lowest BCUT2D eigenvalue weighted by Gasteiger charge is -2.56. The first kappa shape index (κ1) is 26.5. The predicted octanol–water partition coefficient (Wildman–Crippen LogP) is 6.07. The van der Waals surface area contributed by atoms with E-state index in [1.807, 2.05) is 6.92 Å². The van der Waals surface area contributed by atoms with Crippen LogP contribution in [-0.4, -0.2) is 50.4 Å². The minimum absolute atomic E-state index is 0.0663. The largest absolute Gasteiger partial charge is 0.480 e. The number of hydrogen-bond donors (Lipinski definition) is 0. The molecule has 1 aromatic rings. The summed E-state index contributed by atoms with van der Waals surface area (Å²) < 4.78 is 22.5. The number of halogens is 2. The summed E-state index contributed by atoms with van der Waals surface area (Å²) in [6.45, 7) is 6.71. The fourth-order valence-electron chi connectivity index (χ4n) is 6.19. The normalized spacial score (nSPS) is 26.5. The maximum atomic E-state index is 12.3. The average molecular weight is 525 g/mol. The lowest BCUT2D eigenvalue weighted by molar-refractivity contribution is -0.169. The molecule has 0 saturated heterocycles. The molecule has 4 aliphatic carbocycles. The molecule has 0 spiro atoms. The molecule has 6 nitrogen and oxygen atoms in total. The fourth-order valence-corrected chi connectivity index (χ4v) is 6.65. The van der Waals surface area contributed by atoms with Crippen LogP contribution in [-0.2, 0) is 19.0 Å². The fraction of sp³-hybridized carbons (Fsp3) is 0.630. The van der Waals surface area contributed by atoms with E-state index < -0.39 is 5.97 Å². The first-order chi connectivity index (χ1) is 16.8. The lowest BCUT2D eigenvalue weighted by atomic mass is 9.54. The van der Waals surface area contributed by atoms with Crippen molar-refractivity contribution in [2.24, 2.45) is 17.8 Å². The van der Waals surface area contributed by atoms with Crippen LogP contribution in [0.4, 0.5) is 0 Å². The standard InChI is InChI=1S/C27H34Cl2O6/c1-3-17(2)26(31)21-4-5-22(25(29)24(21)28)34-16-23(30)33-8-6-32-7-9-35-27-13-18-10-19(14-27)12-20(11-18)15-27/h4-5,18-20H,2-3,6-16H2,1H3. The molecule has 0 heterocycles. The predicted molar refractivity (Wildman–Crippen MR) is 134 cm³/mol. The van der Waals surface area contributed by atoms with Gasteiger partial charge in [0.1, 0.15) is 17.4 Å². The van der Waals surface area contributed by atoms with Gasteiger partial charge in [-0.25, -0.2) is 4.79 Å². The van der Waals surface area contributed by atoms with E-state index in [2.05, 4.69) is 6.58 Å². The molecule has 4 aliphatic rings. The van der Waals surface area contributed by atoms with Gasteiger partial charge in [-0.05, 0) is 80.4 Å². The highest BCUT2D eigenvalue weighted by Crippen LogP contribution is 2.57. The molecular formula is C27H34Cl2O6. The number of hydrogen-bond acceptors (Lipinski definition) is 6. The molecule has 5 rings (SSSR count). The van der Waals surface area contributed by atoms with Crippen molar-refractivity contribution in [3.63, 3.8) is 0 Å². The number of benzene rings is 1. The molecular weight excluding hydrogens is 491 g/mol. The zero-order valence-corrected chi connectivity index (χ0v) is 21.8. The maximum Gasteiger partial charge on any atom is 0.344 e. The Kier molecular flexibility index (Phi) is 8.80. The van der Waals surface area contributed by atoms with Crippen LogP contribution in [0.1, 0.15) is 62.2 Å². The molecule has 0 amide bonds. The third kappa shape index (κ3) is 6.40. The summed E-state index contributed by atoms with van der Waals surface area (Å²) in [5.74, 6) is 1.95. The highest BCUT2D eigenvalue weighted by molar-refractivity contribution is 6.45. The number of ether oxygens (including phenoxy) is 4. The van der Waals surface area contributed by atoms with Gasteiger partial charge in [0.05, 0.1) is 30.4 Å². The second-order valence-electron chi connectivity index (χ2n) is 10.1. The van der Waals surface area contributed by atoms with Crippen LogP contribution in [0.2, 0.25) is 10.0 Å². The van der Waals surface area contributed by atoms with Gasteiger partial charge in [0.15, 0.2) is 12.4 Å². The molecule has 0 N–H and O–H groups in total. The molecule has 35 heavy (non-hydrogen) atoms. The summed E-state index contributed by atoms with van der Waals surface area (Å²) in [6.07, 6.45) is 8.32. The third-order valence-corrected chi connectivity index (χ3v) is 8.36. The average Bonchev–Trinajstić information content (AvgIpc) is 2.82. The van der Waals surface area contributed by atoms with Gasteiger partial charge in [0.2, 0.25) is 0 Å². The summed E-state index contributed by atoms with van der Waals surface area (Å²) in [6, 6.07) is 3.02. The smallest absolute Gasteiger partial charge is 0.344 e. The van der Waals surface area contributed by atoms with Crippen LogP contribution < -0.4 is 4.74 Å². The Bertz CT molecular complexity index is 924. The molecule has 0 atom stereocenters. The third-order valence-electron chi connectivity index (χ3n) is 7.49. The van der Waals surface area contributed by atoms with Gasteiger partial charge in [0.25, 0.3) is 0 Å². The highest BCUT2D eigenvalue weighted by Gasteiger charge is 2.51. The lowest BCUT2D eigenvalue weighted by Crippen LogP contribution is -2.52. The van der Waals surface area contributed by atoms with Crippen LogP contribution >= 0.6 is 23.2 Å². The van der Waals surface area contributed by atoms with Gasteiger partial charge in [-0.3, -0.25) is 4.79 Å². The molecule has 192 valence electrons. The Morgan fingerprint density at radius 1 is 0.971 bits per heavy atom. The van der Waals surface area contributed by atoms with Gasteiger partial charge in [-0.15, -0.1) is 0 Å². The molecule has 0 unspecified atom stereocenters. The molecule has 0 radical (unpaired) electrons. The van der Waals surface area contributed by atoms with Crippen molar-refractivity contribution < 1.29 is 28.5 Å². The van der Waals surface area contributed by atoms with E-state index in [1.54, 1.807) is 0 Å². The number of Topliss-reactive ketones (excluding diaryl/α,β-unsaturated/α-hetero) is 1. The second-order valence-corrected chi connectivity index (χ2v) is 10.9. The second kappa shape index (κ2) is 11.6. The minimum atomic E-state index is -0.551. The number of rotatable bonds is 13. The van der Waals surface area contributed by atoms with Crippen LogP contribution in [0.25, 0.3) is 0 Å². The number of esters is 1. The van der Waals surface area contributed by atoms with Gasteiger partial charge >= 0.3 is 5.97 Å². The molecule has 0 aromatic heterocycles. The number of allylic oxidation sites excluding steroid dienone is 1. The SMILES string of the molecule is C=C(CC)C(=O)c1ccc(OCC(=O)OCCOCCOC23CC4CC(CC(C4)C2)C3)c(Cl)c1Cl. The summed E-state index contributed by atoms with van der Waals surface area (Å²) in [4.78, 5) is 24.3. The maximum absolute atomic E-state index is 12.3. The first-order valence-electron chi connectivity index (χ1n) is 12.5. The minimum Gasteiger partial charge on any atom is -0.480 e. The molecule has 4 bridgehead atoms. The molecule has 4 fully saturated rings. The highest BCUT2D eigenvalue weighted by atomic mass is 35.5. The first-order valence-corrected chi connectivity index (χ1v) is 13.3. The van der Waals surface area contributed by atoms with Gasteiger partial charge in [-0.2, -0.15) is 0 Å². The van der Waals surface area contributed by atoms with Gasteiger partial charge < -0.3 is 18.9 Å².